The molecule has 0 atom stereocenters. The van der Waals surface area contributed by atoms with Crippen molar-refractivity contribution in [2.45, 2.75) is 77.0 Å². The molecule has 0 heterocycles. The number of allylic oxidation sites excluding steroid dienone is 3. The zero-order valence-corrected chi connectivity index (χ0v) is 15.2. The van der Waals surface area contributed by atoms with Crippen LogP contribution in [0.25, 0.3) is 0 Å². The summed E-state index contributed by atoms with van der Waals surface area (Å²) < 4.78 is 2.37. The van der Waals surface area contributed by atoms with Crippen LogP contribution in [0.3, 0.4) is 0 Å². The van der Waals surface area contributed by atoms with Gasteiger partial charge in [-0.2, -0.15) is 0 Å². The summed E-state index contributed by atoms with van der Waals surface area (Å²) in [7, 11) is 0. The second-order valence-corrected chi connectivity index (χ2v) is 6.24. The fourth-order valence-electron chi connectivity index (χ4n) is 1.99. The first kappa shape index (κ1) is 18.0. The predicted molar refractivity (Wildman–Crippen MR) is 82.2 cm³/mol. The molecule has 0 radical (unpaired) electrons. The van der Waals surface area contributed by atoms with E-state index >= 15 is 0 Å². The van der Waals surface area contributed by atoms with Crippen molar-refractivity contribution in [1.29, 1.82) is 0 Å². The van der Waals surface area contributed by atoms with Crippen molar-refractivity contribution in [1.82, 2.24) is 0 Å². The van der Waals surface area contributed by atoms with Gasteiger partial charge in [-0.25, -0.2) is 0 Å². The average molecular weight is 419 g/mol. The summed E-state index contributed by atoms with van der Waals surface area (Å²) in [6.07, 6.45) is 23.0. The van der Waals surface area contributed by atoms with E-state index in [-0.39, 0.29) is 0 Å². The van der Waals surface area contributed by atoms with E-state index in [4.69, 9.17) is 0 Å². The first-order valence-corrected chi connectivity index (χ1v) is 9.49. The Morgan fingerprint density at radius 2 is 1.06 bits per heavy atom. The fraction of sp³-hybridized carbons (Fsp3) is 0.706. The Kier molecular flexibility index (Phi) is 17.1. The predicted octanol–water partition coefficient (Wildman–Crippen LogP) is 5.49. The Morgan fingerprint density at radius 1 is 0.611 bits per heavy atom. The minimum absolute atomic E-state index is 1.19. The molecule has 0 unspecified atom stereocenters. The molecule has 105 valence electrons. The number of rotatable bonds is 14. The van der Waals surface area contributed by atoms with E-state index < -0.39 is 0 Å². The zero-order valence-electron chi connectivity index (χ0n) is 11.9. The molecule has 0 nitrogen and oxygen atoms in total. The van der Waals surface area contributed by atoms with E-state index in [1.807, 2.05) is 6.08 Å². The van der Waals surface area contributed by atoms with Gasteiger partial charge in [0.1, 0.15) is 0 Å². The quantitative estimate of drug-likeness (QED) is 0.258. The van der Waals surface area contributed by atoms with Crippen LogP contribution in [-0.4, -0.2) is 4.40 Å². The van der Waals surface area contributed by atoms with Crippen molar-refractivity contribution in [2.24, 2.45) is 0 Å². The molecule has 18 heavy (non-hydrogen) atoms. The van der Waals surface area contributed by atoms with Crippen molar-refractivity contribution in [3.05, 3.63) is 24.8 Å². The van der Waals surface area contributed by atoms with Gasteiger partial charge in [0.05, 0.1) is 0 Å². The van der Waals surface area contributed by atoms with Crippen molar-refractivity contribution in [3.63, 3.8) is 0 Å². The first-order chi connectivity index (χ1) is 8.91. The van der Waals surface area contributed by atoms with Crippen LogP contribution < -0.4 is 0 Å². The number of hydrogen-bond acceptors (Lipinski definition) is 0. The van der Waals surface area contributed by atoms with Gasteiger partial charge in [0.15, 0.2) is 0 Å². The Balaban J connectivity index is 3.03. The van der Waals surface area contributed by atoms with Crippen LogP contribution in [0.15, 0.2) is 24.8 Å². The van der Waals surface area contributed by atoms with E-state index in [1.54, 1.807) is 0 Å². The molecule has 0 rings (SSSR count). The summed E-state index contributed by atoms with van der Waals surface area (Å²) in [6, 6.07) is 0. The van der Waals surface area contributed by atoms with Gasteiger partial charge in [0.25, 0.3) is 0 Å². The normalized spacial score (nSPS) is 10.9. The summed E-state index contributed by atoms with van der Waals surface area (Å²) in [6.45, 7) is 3.75. The van der Waals surface area contributed by atoms with Gasteiger partial charge in [0.2, 0.25) is 0 Å². The monoisotopic (exact) mass is 419 g/mol. The van der Waals surface area contributed by atoms with Crippen LogP contribution in [0.1, 0.15) is 77.0 Å². The van der Waals surface area contributed by atoms with Crippen LogP contribution in [0.2, 0.25) is 0 Å². The van der Waals surface area contributed by atoms with Gasteiger partial charge in [-0.1, -0.05) is 12.5 Å². The maximum atomic E-state index is 3.75. The third kappa shape index (κ3) is 16.0. The molecule has 1 heteroatoms. The molecule has 0 aromatic rings. The van der Waals surface area contributed by atoms with Crippen molar-refractivity contribution in [3.8, 4) is 0 Å². The zero-order chi connectivity index (χ0) is 13.3. The number of hydrogen-bond donors (Lipinski definition) is 0. The van der Waals surface area contributed by atoms with Gasteiger partial charge < -0.3 is 0 Å². The Morgan fingerprint density at radius 3 is 1.61 bits per heavy atom. The van der Waals surface area contributed by atoms with E-state index in [2.05, 4.69) is 23.1 Å². The summed E-state index contributed by atoms with van der Waals surface area (Å²) in [4.78, 5) is 0. The standard InChI is InChI=1S/C17H30.W.H/c1-3-5-7-9-11-13-15-17-16-14-12-10-8-6-4-2;;/h1,4,11,13H,2-3,5-10,12,14-17H2;;/b13-11-;;. The Labute approximate surface area is 125 Å². The van der Waals surface area contributed by atoms with Gasteiger partial charge >= 0.3 is 93.7 Å². The van der Waals surface area contributed by atoms with Crippen LogP contribution in [0.5, 0.6) is 0 Å². The molecule has 0 aliphatic rings. The third-order valence-corrected chi connectivity index (χ3v) is 4.08. The van der Waals surface area contributed by atoms with Crippen LogP contribution >= 0.6 is 0 Å². The van der Waals surface area contributed by atoms with E-state index in [0.717, 1.165) is 0 Å². The average Bonchev–Trinajstić information content (AvgIpc) is 2.39. The summed E-state index contributed by atoms with van der Waals surface area (Å²) in [5, 5.41) is 0. The number of unbranched alkanes of at least 4 members (excludes halogenated alkanes) is 10. The molecule has 0 aliphatic carbocycles. The molecule has 0 amide bonds. The van der Waals surface area contributed by atoms with E-state index in [1.165, 1.54) is 96.4 Å². The maximum absolute atomic E-state index is 3.75. The summed E-state index contributed by atoms with van der Waals surface area (Å²) >= 11 is 1.44. The van der Waals surface area contributed by atoms with E-state index in [0.29, 0.717) is 0 Å². The molecule has 0 N–H and O–H groups in total. The second-order valence-electron chi connectivity index (χ2n) is 4.93. The first-order valence-electron chi connectivity index (χ1n) is 7.63. The second kappa shape index (κ2) is 17.0. The van der Waals surface area contributed by atoms with Crippen molar-refractivity contribution < 1.29 is 19.4 Å². The van der Waals surface area contributed by atoms with Crippen LogP contribution in [0.4, 0.5) is 0 Å². The molecule has 0 aromatic carbocycles. The van der Waals surface area contributed by atoms with Gasteiger partial charge in [0, 0.05) is 0 Å². The van der Waals surface area contributed by atoms with Gasteiger partial charge in [-0.15, -0.1) is 6.58 Å². The van der Waals surface area contributed by atoms with Crippen LogP contribution in [-0.2, 0) is 19.4 Å². The van der Waals surface area contributed by atoms with E-state index in [9.17, 15) is 0 Å². The van der Waals surface area contributed by atoms with Crippen molar-refractivity contribution >= 4 is 4.40 Å². The molecule has 0 saturated carbocycles. The molecule has 0 aromatic heterocycles. The van der Waals surface area contributed by atoms with Crippen molar-refractivity contribution in [2.75, 3.05) is 0 Å². The topological polar surface area (TPSA) is 0 Å². The Bertz CT molecular complexity index is 206. The molecule has 0 aliphatic heterocycles. The molecule has 0 saturated heterocycles. The fourth-order valence-corrected chi connectivity index (χ4v) is 2.65. The molecular formula is C17H31W. The third-order valence-electron chi connectivity index (χ3n) is 3.15. The SMILES string of the molecule is C=CCCCCCCCC/C=C\CCCC[CH]=[WH]. The molecule has 0 fully saturated rings. The summed E-state index contributed by atoms with van der Waals surface area (Å²) in [5.74, 6) is 0. The molecule has 0 bridgehead atoms. The van der Waals surface area contributed by atoms with Gasteiger partial charge in [-0.05, 0) is 12.8 Å². The Hall–Kier alpha value is 0.0383. The molecular weight excluding hydrogens is 388 g/mol. The summed E-state index contributed by atoms with van der Waals surface area (Å²) in [5.41, 5.74) is 0. The minimum atomic E-state index is 1.19. The van der Waals surface area contributed by atoms with Gasteiger partial charge in [-0.3, -0.25) is 0 Å². The van der Waals surface area contributed by atoms with Crippen LogP contribution in [0, 0.1) is 0 Å². The molecule has 0 spiro atoms.